The maximum atomic E-state index is 13.4. The van der Waals surface area contributed by atoms with Gasteiger partial charge in [-0.05, 0) is 5.56 Å². The summed E-state index contributed by atoms with van der Waals surface area (Å²) < 4.78 is 4.88. The van der Waals surface area contributed by atoms with E-state index < -0.39 is 71.3 Å². The van der Waals surface area contributed by atoms with E-state index in [9.17, 15) is 38.7 Å². The van der Waals surface area contributed by atoms with E-state index >= 15 is 0 Å². The average Bonchev–Trinajstić information content (AvgIpc) is 3.34. The van der Waals surface area contributed by atoms with Crippen LogP contribution in [0.1, 0.15) is 24.9 Å². The number of nitrogens with one attached hydrogen (secondary N) is 2. The first-order valence-electron chi connectivity index (χ1n) is 12.2. The third-order valence-electron chi connectivity index (χ3n) is 6.44. The van der Waals surface area contributed by atoms with Crippen molar-refractivity contribution in [3.8, 4) is 6.07 Å². The SMILES string of the molecule is CC(=O)OCC1=C(C(=O)[O-])N2C(=O)C(NC(=O)[C@H](NC(=O)N3CCN(C(=O)CC#N)C3=O)c3ccccc3)[C@H]2SC1.[Na+]. The Morgan fingerprint density at radius 3 is 2.43 bits per heavy atom. The Hall–Kier alpha value is -3.91. The molecule has 2 N–H and O–H groups in total. The molecule has 0 radical (unpaired) electrons. The molecule has 0 bridgehead atoms. The van der Waals surface area contributed by atoms with Crippen molar-refractivity contribution < 1.29 is 73.0 Å². The minimum Gasteiger partial charge on any atom is -0.543 e. The standard InChI is InChI=1S/C25H24N6O9S.Na/c1-13(32)40-11-15-12-41-22-18(21(35)31(22)19(15)23(36)37)27-20(34)17(14-5-3-2-4-6-14)28-24(38)30-10-9-29(25(30)39)16(33)7-8-26;/h2-6,17-18,22H,7,9-12H2,1H3,(H,27,34)(H,28,38)(H,36,37);/q;+1/p-1/t17-,18?,22-;/m1./s1. The van der Waals surface area contributed by atoms with E-state index in [1.165, 1.54) is 0 Å². The third-order valence-corrected chi connectivity index (χ3v) is 7.78. The molecule has 214 valence electrons. The molecule has 3 aliphatic rings. The van der Waals surface area contributed by atoms with Gasteiger partial charge in [0.15, 0.2) is 0 Å². The zero-order chi connectivity index (χ0) is 29.8. The number of β-lactam (4-membered cyclic amide) rings is 1. The van der Waals surface area contributed by atoms with Gasteiger partial charge >= 0.3 is 47.6 Å². The Morgan fingerprint density at radius 2 is 1.81 bits per heavy atom. The predicted molar refractivity (Wildman–Crippen MR) is 135 cm³/mol. The quantitative estimate of drug-likeness (QED) is 0.164. The topological polar surface area (TPSA) is 209 Å². The summed E-state index contributed by atoms with van der Waals surface area (Å²) in [5.74, 6) is -4.49. The third kappa shape index (κ3) is 6.59. The van der Waals surface area contributed by atoms with Crippen molar-refractivity contribution in [1.82, 2.24) is 25.3 Å². The first-order chi connectivity index (χ1) is 19.5. The number of ether oxygens (including phenoxy) is 1. The largest absolute Gasteiger partial charge is 1.00 e. The number of hydrogen-bond donors (Lipinski definition) is 2. The van der Waals surface area contributed by atoms with E-state index in [1.807, 2.05) is 0 Å². The minimum atomic E-state index is -1.64. The summed E-state index contributed by atoms with van der Waals surface area (Å²) in [6.07, 6.45) is -0.540. The summed E-state index contributed by atoms with van der Waals surface area (Å²) in [6, 6.07) is 5.20. The summed E-state index contributed by atoms with van der Waals surface area (Å²) in [7, 11) is 0. The van der Waals surface area contributed by atoms with Gasteiger partial charge < -0.3 is 25.3 Å². The second-order valence-electron chi connectivity index (χ2n) is 9.02. The van der Waals surface area contributed by atoms with E-state index in [1.54, 1.807) is 36.4 Å². The predicted octanol–water partition coefficient (Wildman–Crippen LogP) is -4.41. The molecule has 0 spiro atoms. The monoisotopic (exact) mass is 606 g/mol. The van der Waals surface area contributed by atoms with Crippen molar-refractivity contribution in [3.05, 3.63) is 47.2 Å². The van der Waals surface area contributed by atoms with Crippen LogP contribution in [-0.2, 0) is 28.7 Å². The molecule has 42 heavy (non-hydrogen) atoms. The Balaban J connectivity index is 0.00000484. The summed E-state index contributed by atoms with van der Waals surface area (Å²) in [6.45, 7) is 0.544. The molecule has 15 nitrogen and oxygen atoms in total. The van der Waals surface area contributed by atoms with Crippen molar-refractivity contribution in [2.24, 2.45) is 0 Å². The minimum absolute atomic E-state index is 0. The average molecular weight is 607 g/mol. The molecular formula is C25H23N6NaO9S. The number of amides is 7. The fourth-order valence-corrected chi connectivity index (χ4v) is 5.80. The molecule has 0 aliphatic carbocycles. The van der Waals surface area contributed by atoms with Crippen molar-refractivity contribution in [3.63, 3.8) is 0 Å². The summed E-state index contributed by atoms with van der Waals surface area (Å²) in [5, 5.41) is 24.8. The zero-order valence-corrected chi connectivity index (χ0v) is 25.3. The van der Waals surface area contributed by atoms with Gasteiger partial charge in [0.1, 0.15) is 30.5 Å². The summed E-state index contributed by atoms with van der Waals surface area (Å²) >= 11 is 1.15. The van der Waals surface area contributed by atoms with Crippen LogP contribution >= 0.6 is 11.8 Å². The van der Waals surface area contributed by atoms with Crippen LogP contribution in [0.2, 0.25) is 0 Å². The van der Waals surface area contributed by atoms with Gasteiger partial charge in [0.25, 0.3) is 5.91 Å². The number of esters is 1. The summed E-state index contributed by atoms with van der Waals surface area (Å²) in [4.78, 5) is 89.4. The molecule has 2 fully saturated rings. The number of nitriles is 1. The second kappa shape index (κ2) is 13.8. The van der Waals surface area contributed by atoms with Crippen LogP contribution in [0.3, 0.4) is 0 Å². The number of carbonyl (C=O) groups is 7. The van der Waals surface area contributed by atoms with Crippen molar-refractivity contribution >= 4 is 53.5 Å². The Kier molecular flexibility index (Phi) is 10.7. The van der Waals surface area contributed by atoms with Gasteiger partial charge in [0.2, 0.25) is 11.8 Å². The van der Waals surface area contributed by atoms with Crippen LogP contribution in [0.4, 0.5) is 9.59 Å². The van der Waals surface area contributed by atoms with E-state index in [4.69, 9.17) is 10.00 Å². The Morgan fingerprint density at radius 1 is 1.14 bits per heavy atom. The molecule has 7 amide bonds. The molecule has 2 saturated heterocycles. The van der Waals surface area contributed by atoms with Crippen LogP contribution in [0.15, 0.2) is 41.6 Å². The summed E-state index contributed by atoms with van der Waals surface area (Å²) in [5.41, 5.74) is 0.0642. The van der Waals surface area contributed by atoms with Gasteiger partial charge in [-0.1, -0.05) is 30.3 Å². The zero-order valence-electron chi connectivity index (χ0n) is 22.5. The molecule has 1 aromatic carbocycles. The fraction of sp³-hybridized carbons (Fsp3) is 0.360. The number of rotatable bonds is 8. The maximum absolute atomic E-state index is 13.4. The number of nitrogens with zero attached hydrogens (tertiary/aromatic N) is 4. The van der Waals surface area contributed by atoms with Crippen LogP contribution in [-0.4, -0.2) is 93.3 Å². The van der Waals surface area contributed by atoms with Crippen molar-refractivity contribution in [1.29, 1.82) is 5.26 Å². The number of carboxylic acid groups (broad SMARTS) is 1. The first kappa shape index (κ1) is 32.6. The smallest absolute Gasteiger partial charge is 0.543 e. The van der Waals surface area contributed by atoms with Crippen LogP contribution < -0.4 is 45.3 Å². The Labute approximate surface area is 265 Å². The molecule has 1 unspecified atom stereocenters. The number of aliphatic carboxylic acids is 1. The van der Waals surface area contributed by atoms with E-state index in [-0.39, 0.29) is 60.6 Å². The van der Waals surface area contributed by atoms with E-state index in [0.29, 0.717) is 5.56 Å². The normalized spacial score (nSPS) is 20.0. The van der Waals surface area contributed by atoms with Gasteiger partial charge in [-0.2, -0.15) is 5.26 Å². The van der Waals surface area contributed by atoms with Crippen molar-refractivity contribution in [2.75, 3.05) is 25.4 Å². The van der Waals surface area contributed by atoms with Gasteiger partial charge in [-0.3, -0.25) is 29.0 Å². The number of urea groups is 2. The molecule has 3 aliphatic heterocycles. The molecule has 1 aromatic rings. The van der Waals surface area contributed by atoms with E-state index in [2.05, 4.69) is 10.6 Å². The number of imide groups is 2. The van der Waals surface area contributed by atoms with Crippen LogP contribution in [0.25, 0.3) is 0 Å². The number of carboxylic acids is 1. The number of carbonyl (C=O) groups excluding carboxylic acids is 7. The first-order valence-corrected chi connectivity index (χ1v) is 13.3. The van der Waals surface area contributed by atoms with Gasteiger partial charge in [0, 0.05) is 24.8 Å². The van der Waals surface area contributed by atoms with Crippen LogP contribution in [0, 0.1) is 11.3 Å². The maximum Gasteiger partial charge on any atom is 1.00 e. The van der Waals surface area contributed by atoms with Crippen LogP contribution in [0.5, 0.6) is 0 Å². The van der Waals surface area contributed by atoms with Gasteiger partial charge in [0.05, 0.1) is 24.3 Å². The molecule has 0 saturated carbocycles. The molecule has 3 heterocycles. The fourth-order valence-electron chi connectivity index (χ4n) is 4.48. The molecule has 0 aromatic heterocycles. The molecular weight excluding hydrogens is 583 g/mol. The molecule has 4 rings (SSSR count). The number of fused-ring (bicyclic) bond motifs is 1. The van der Waals surface area contributed by atoms with Gasteiger partial charge in [-0.25, -0.2) is 14.5 Å². The number of thioether (sulfide) groups is 1. The van der Waals surface area contributed by atoms with E-state index in [0.717, 1.165) is 33.4 Å². The Bertz CT molecular complexity index is 1400. The number of hydrogen-bond acceptors (Lipinski definition) is 11. The van der Waals surface area contributed by atoms with Crippen molar-refractivity contribution in [2.45, 2.75) is 30.8 Å². The number of benzene rings is 1. The molecule has 17 heteroatoms. The molecule has 3 atom stereocenters. The second-order valence-corrected chi connectivity index (χ2v) is 10.1. The van der Waals surface area contributed by atoms with Gasteiger partial charge in [-0.15, -0.1) is 11.8 Å².